The molecule has 3 rings (SSSR count). The molecule has 1 aliphatic heterocycles. The molecule has 1 aromatic carbocycles. The molecule has 1 aliphatic rings. The molecule has 126 valence electrons. The average molecular weight is 364 g/mol. The van der Waals surface area contributed by atoms with E-state index in [1.807, 2.05) is 29.2 Å². The van der Waals surface area contributed by atoms with Crippen LogP contribution in [0.15, 0.2) is 42.6 Å². The standard InChI is InChI=1S/C18H19Cl2N3O/c19-15-6-4-14(16(20)13-15)5-7-18(24)23-11-9-22(10-12-23)17-3-1-2-8-21-17/h1-4,6,8,13H,5,7,9-12H2. The van der Waals surface area contributed by atoms with Crippen LogP contribution in [0.5, 0.6) is 0 Å². The van der Waals surface area contributed by atoms with Gasteiger partial charge in [0.25, 0.3) is 0 Å². The van der Waals surface area contributed by atoms with Crippen molar-refractivity contribution in [3.8, 4) is 0 Å². The van der Waals surface area contributed by atoms with Crippen molar-refractivity contribution in [2.24, 2.45) is 0 Å². The lowest BCUT2D eigenvalue weighted by Crippen LogP contribution is -2.49. The third-order valence-corrected chi connectivity index (χ3v) is 4.82. The highest BCUT2D eigenvalue weighted by Crippen LogP contribution is 2.22. The minimum absolute atomic E-state index is 0.168. The Bertz CT molecular complexity index is 701. The zero-order valence-corrected chi connectivity index (χ0v) is 14.8. The minimum atomic E-state index is 0.168. The van der Waals surface area contributed by atoms with Crippen LogP contribution in [0.4, 0.5) is 5.82 Å². The van der Waals surface area contributed by atoms with Gasteiger partial charge in [-0.2, -0.15) is 0 Å². The average Bonchev–Trinajstić information content (AvgIpc) is 2.62. The fraction of sp³-hybridized carbons (Fsp3) is 0.333. The van der Waals surface area contributed by atoms with Gasteiger partial charge in [0.1, 0.15) is 5.82 Å². The van der Waals surface area contributed by atoms with Gasteiger partial charge in [-0.25, -0.2) is 4.98 Å². The van der Waals surface area contributed by atoms with Gasteiger partial charge in [0.05, 0.1) is 0 Å². The lowest BCUT2D eigenvalue weighted by atomic mass is 10.1. The number of benzene rings is 1. The van der Waals surface area contributed by atoms with Crippen molar-refractivity contribution in [2.45, 2.75) is 12.8 Å². The summed E-state index contributed by atoms with van der Waals surface area (Å²) in [4.78, 5) is 20.9. The van der Waals surface area contributed by atoms with E-state index in [9.17, 15) is 4.79 Å². The number of carbonyl (C=O) groups excluding carboxylic acids is 1. The molecule has 0 spiro atoms. The summed E-state index contributed by atoms with van der Waals surface area (Å²) in [5.74, 6) is 1.14. The van der Waals surface area contributed by atoms with E-state index in [2.05, 4.69) is 9.88 Å². The van der Waals surface area contributed by atoms with Crippen LogP contribution in [0.25, 0.3) is 0 Å². The van der Waals surface area contributed by atoms with Gasteiger partial charge < -0.3 is 9.80 Å². The smallest absolute Gasteiger partial charge is 0.223 e. The lowest BCUT2D eigenvalue weighted by molar-refractivity contribution is -0.131. The predicted octanol–water partition coefficient (Wildman–Crippen LogP) is 3.67. The lowest BCUT2D eigenvalue weighted by Gasteiger charge is -2.35. The second kappa shape index (κ2) is 7.86. The van der Waals surface area contributed by atoms with Crippen molar-refractivity contribution < 1.29 is 4.79 Å². The van der Waals surface area contributed by atoms with Crippen molar-refractivity contribution in [2.75, 3.05) is 31.1 Å². The molecule has 6 heteroatoms. The van der Waals surface area contributed by atoms with Gasteiger partial charge in [0.15, 0.2) is 0 Å². The molecular weight excluding hydrogens is 345 g/mol. The van der Waals surface area contributed by atoms with Crippen LogP contribution in [-0.4, -0.2) is 42.0 Å². The van der Waals surface area contributed by atoms with Crippen molar-refractivity contribution in [3.63, 3.8) is 0 Å². The van der Waals surface area contributed by atoms with Crippen LogP contribution >= 0.6 is 23.2 Å². The van der Waals surface area contributed by atoms with E-state index in [-0.39, 0.29) is 5.91 Å². The summed E-state index contributed by atoms with van der Waals surface area (Å²) >= 11 is 12.1. The first-order valence-electron chi connectivity index (χ1n) is 8.01. The number of aryl methyl sites for hydroxylation is 1. The van der Waals surface area contributed by atoms with Crippen molar-refractivity contribution in [3.05, 3.63) is 58.2 Å². The van der Waals surface area contributed by atoms with Crippen LogP contribution < -0.4 is 4.90 Å². The molecule has 2 aromatic rings. The summed E-state index contributed by atoms with van der Waals surface area (Å²) in [5.41, 5.74) is 0.960. The predicted molar refractivity (Wildman–Crippen MR) is 97.8 cm³/mol. The van der Waals surface area contributed by atoms with E-state index in [1.165, 1.54) is 0 Å². The molecule has 1 saturated heterocycles. The van der Waals surface area contributed by atoms with Gasteiger partial charge in [0.2, 0.25) is 5.91 Å². The third kappa shape index (κ3) is 4.19. The number of hydrogen-bond acceptors (Lipinski definition) is 3. The molecule has 0 N–H and O–H groups in total. The highest BCUT2D eigenvalue weighted by Gasteiger charge is 2.21. The quantitative estimate of drug-likeness (QED) is 0.831. The Balaban J connectivity index is 1.50. The summed E-state index contributed by atoms with van der Waals surface area (Å²) in [7, 11) is 0. The van der Waals surface area contributed by atoms with Gasteiger partial charge in [-0.15, -0.1) is 0 Å². The molecule has 24 heavy (non-hydrogen) atoms. The molecule has 0 radical (unpaired) electrons. The Morgan fingerprint density at radius 3 is 2.54 bits per heavy atom. The summed E-state index contributed by atoms with van der Waals surface area (Å²) in [6, 6.07) is 11.3. The normalized spacial score (nSPS) is 14.8. The Hall–Kier alpha value is -1.78. The van der Waals surface area contributed by atoms with E-state index in [4.69, 9.17) is 23.2 Å². The van der Waals surface area contributed by atoms with Gasteiger partial charge in [0, 0.05) is 48.8 Å². The van der Waals surface area contributed by atoms with Crippen LogP contribution in [0, 0.1) is 0 Å². The van der Waals surface area contributed by atoms with Crippen molar-refractivity contribution in [1.82, 2.24) is 9.88 Å². The van der Waals surface area contributed by atoms with Crippen LogP contribution in [0.2, 0.25) is 10.0 Å². The first kappa shape index (κ1) is 17.1. The van der Waals surface area contributed by atoms with E-state index in [0.29, 0.717) is 22.9 Å². The van der Waals surface area contributed by atoms with Gasteiger partial charge in [-0.05, 0) is 36.2 Å². The van der Waals surface area contributed by atoms with Crippen LogP contribution in [-0.2, 0) is 11.2 Å². The van der Waals surface area contributed by atoms with E-state index in [0.717, 1.165) is 37.6 Å². The number of anilines is 1. The molecule has 0 aliphatic carbocycles. The number of hydrogen-bond donors (Lipinski definition) is 0. The van der Waals surface area contributed by atoms with Gasteiger partial charge in [-0.3, -0.25) is 4.79 Å². The van der Waals surface area contributed by atoms with Gasteiger partial charge in [-0.1, -0.05) is 35.3 Å². The number of rotatable bonds is 4. The summed E-state index contributed by atoms with van der Waals surface area (Å²) in [6.07, 6.45) is 2.89. The van der Waals surface area contributed by atoms with E-state index in [1.54, 1.807) is 18.3 Å². The molecule has 0 atom stereocenters. The van der Waals surface area contributed by atoms with Gasteiger partial charge >= 0.3 is 0 Å². The maximum absolute atomic E-state index is 12.4. The molecule has 4 nitrogen and oxygen atoms in total. The number of amides is 1. The fourth-order valence-corrected chi connectivity index (χ4v) is 3.35. The van der Waals surface area contributed by atoms with E-state index < -0.39 is 0 Å². The molecule has 1 aromatic heterocycles. The topological polar surface area (TPSA) is 36.4 Å². The highest BCUT2D eigenvalue weighted by atomic mass is 35.5. The zero-order chi connectivity index (χ0) is 16.9. The zero-order valence-electron chi connectivity index (χ0n) is 13.3. The maximum Gasteiger partial charge on any atom is 0.223 e. The summed E-state index contributed by atoms with van der Waals surface area (Å²) < 4.78 is 0. The molecule has 0 bridgehead atoms. The number of nitrogens with zero attached hydrogens (tertiary/aromatic N) is 3. The molecular formula is C18H19Cl2N3O. The number of piperazine rings is 1. The highest BCUT2D eigenvalue weighted by molar-refractivity contribution is 6.35. The number of pyridine rings is 1. The second-order valence-corrected chi connectivity index (χ2v) is 6.64. The SMILES string of the molecule is O=C(CCc1ccc(Cl)cc1Cl)N1CCN(c2ccccn2)CC1. The Morgan fingerprint density at radius 2 is 1.88 bits per heavy atom. The Morgan fingerprint density at radius 1 is 1.08 bits per heavy atom. The monoisotopic (exact) mass is 363 g/mol. The van der Waals surface area contributed by atoms with Crippen molar-refractivity contribution >= 4 is 34.9 Å². The molecule has 0 unspecified atom stereocenters. The molecule has 1 fully saturated rings. The third-order valence-electron chi connectivity index (χ3n) is 4.23. The number of carbonyl (C=O) groups is 1. The largest absolute Gasteiger partial charge is 0.353 e. The van der Waals surface area contributed by atoms with Crippen LogP contribution in [0.1, 0.15) is 12.0 Å². The second-order valence-electron chi connectivity index (χ2n) is 5.79. The summed E-state index contributed by atoms with van der Waals surface area (Å²) in [5, 5.41) is 1.23. The molecule has 1 amide bonds. The molecule has 2 heterocycles. The number of aromatic nitrogens is 1. The molecule has 0 saturated carbocycles. The first-order valence-corrected chi connectivity index (χ1v) is 8.77. The first-order chi connectivity index (χ1) is 11.6. The van der Waals surface area contributed by atoms with Crippen LogP contribution in [0.3, 0.4) is 0 Å². The summed E-state index contributed by atoms with van der Waals surface area (Å²) in [6.45, 7) is 3.07. The number of halogens is 2. The Kier molecular flexibility index (Phi) is 5.59. The minimum Gasteiger partial charge on any atom is -0.353 e. The Labute approximate surface area is 152 Å². The van der Waals surface area contributed by atoms with Crippen molar-refractivity contribution in [1.29, 1.82) is 0 Å². The van der Waals surface area contributed by atoms with E-state index >= 15 is 0 Å². The fourth-order valence-electron chi connectivity index (χ4n) is 2.85. The maximum atomic E-state index is 12.4.